The van der Waals surface area contributed by atoms with Gasteiger partial charge in [-0.3, -0.25) is 0 Å². The summed E-state index contributed by atoms with van der Waals surface area (Å²) < 4.78 is 5.77. The Bertz CT molecular complexity index is 763. The van der Waals surface area contributed by atoms with Gasteiger partial charge in [0.15, 0.2) is 0 Å². The van der Waals surface area contributed by atoms with Crippen molar-refractivity contribution in [2.75, 3.05) is 0 Å². The van der Waals surface area contributed by atoms with Crippen molar-refractivity contribution in [3.8, 4) is 0 Å². The van der Waals surface area contributed by atoms with Crippen LogP contribution in [0.1, 0.15) is 112 Å². The summed E-state index contributed by atoms with van der Waals surface area (Å²) in [5, 5.41) is 0. The maximum atomic E-state index is 12.0. The van der Waals surface area contributed by atoms with Crippen LogP contribution in [0.15, 0.2) is 23.8 Å². The Morgan fingerprint density at radius 2 is 1.88 bits per heavy atom. The molecule has 8 atom stereocenters. The second-order valence-electron chi connectivity index (χ2n) is 13.1. The maximum absolute atomic E-state index is 12.0. The fraction of sp³-hybridized carbons (Fsp3) is 0.839. The molecule has 186 valence electrons. The highest BCUT2D eigenvalue weighted by molar-refractivity contribution is 5.81. The number of fused-ring (bicyclic) bond motifs is 5. The zero-order valence-corrected chi connectivity index (χ0v) is 22.4. The lowest BCUT2D eigenvalue weighted by atomic mass is 9.47. The monoisotopic (exact) mass is 454 g/mol. The van der Waals surface area contributed by atoms with Crippen molar-refractivity contribution in [3.63, 3.8) is 0 Å². The minimum Gasteiger partial charge on any atom is -0.459 e. The largest absolute Gasteiger partial charge is 0.459 e. The number of carbonyl (C=O) groups is 1. The van der Waals surface area contributed by atoms with Gasteiger partial charge in [0.05, 0.1) is 0 Å². The number of allylic oxidation sites excluding steroid dienone is 2. The van der Waals surface area contributed by atoms with E-state index in [9.17, 15) is 4.79 Å². The molecular weight excluding hydrogens is 404 g/mol. The first kappa shape index (κ1) is 25.1. The third-order valence-electron chi connectivity index (χ3n) is 10.8. The Morgan fingerprint density at radius 3 is 2.61 bits per heavy atom. The van der Waals surface area contributed by atoms with Crippen molar-refractivity contribution in [1.29, 1.82) is 0 Å². The second kappa shape index (κ2) is 9.90. The van der Waals surface area contributed by atoms with Gasteiger partial charge in [0.25, 0.3) is 0 Å². The van der Waals surface area contributed by atoms with Crippen LogP contribution >= 0.6 is 0 Å². The van der Waals surface area contributed by atoms with E-state index in [1.54, 1.807) is 17.7 Å². The summed E-state index contributed by atoms with van der Waals surface area (Å²) in [5.74, 6) is 5.08. The zero-order valence-electron chi connectivity index (χ0n) is 22.4. The predicted octanol–water partition coefficient (Wildman–Crippen LogP) is 8.52. The SMILES string of the molecule is C/C=C/C(=O)O[C@H]1CC[C@@]2(C)C(=CC[C@@H]3[C@H]4CC[C@@H]([C@@H](C)CCCC(C)C)[C@]4(C)CC[C@H]32)C1. The van der Waals surface area contributed by atoms with Crippen molar-refractivity contribution >= 4 is 5.97 Å². The van der Waals surface area contributed by atoms with Gasteiger partial charge in [-0.15, -0.1) is 0 Å². The van der Waals surface area contributed by atoms with E-state index in [1.165, 1.54) is 57.8 Å². The molecule has 3 saturated carbocycles. The van der Waals surface area contributed by atoms with E-state index in [0.717, 1.165) is 48.3 Å². The van der Waals surface area contributed by atoms with Crippen LogP contribution in [0.3, 0.4) is 0 Å². The lowest BCUT2D eigenvalue weighted by Gasteiger charge is -2.58. The molecule has 0 radical (unpaired) electrons. The van der Waals surface area contributed by atoms with Crippen LogP contribution in [-0.4, -0.2) is 12.1 Å². The summed E-state index contributed by atoms with van der Waals surface area (Å²) >= 11 is 0. The summed E-state index contributed by atoms with van der Waals surface area (Å²) in [6.45, 7) is 14.4. The summed E-state index contributed by atoms with van der Waals surface area (Å²) in [4.78, 5) is 12.0. The van der Waals surface area contributed by atoms with Gasteiger partial charge in [0.2, 0.25) is 0 Å². The van der Waals surface area contributed by atoms with E-state index in [4.69, 9.17) is 4.74 Å². The minimum absolute atomic E-state index is 0.0704. The molecule has 0 aromatic heterocycles. The number of hydrogen-bond donors (Lipinski definition) is 0. The van der Waals surface area contributed by atoms with Crippen LogP contribution in [0.4, 0.5) is 0 Å². The highest BCUT2D eigenvalue weighted by Gasteiger charge is 2.59. The summed E-state index contributed by atoms with van der Waals surface area (Å²) in [7, 11) is 0. The first-order chi connectivity index (χ1) is 15.7. The second-order valence-corrected chi connectivity index (χ2v) is 13.1. The smallest absolute Gasteiger partial charge is 0.330 e. The van der Waals surface area contributed by atoms with Crippen molar-refractivity contribution in [1.82, 2.24) is 0 Å². The molecule has 4 aliphatic carbocycles. The number of hydrogen-bond acceptors (Lipinski definition) is 2. The molecular formula is C31H50O2. The quantitative estimate of drug-likeness (QED) is 0.219. The number of rotatable bonds is 7. The highest BCUT2D eigenvalue weighted by atomic mass is 16.5. The first-order valence-corrected chi connectivity index (χ1v) is 14.2. The lowest BCUT2D eigenvalue weighted by Crippen LogP contribution is -2.51. The predicted molar refractivity (Wildman–Crippen MR) is 138 cm³/mol. The van der Waals surface area contributed by atoms with E-state index in [2.05, 4.69) is 40.7 Å². The molecule has 0 aliphatic heterocycles. The van der Waals surface area contributed by atoms with Crippen LogP contribution < -0.4 is 0 Å². The van der Waals surface area contributed by atoms with Crippen molar-refractivity contribution in [3.05, 3.63) is 23.8 Å². The normalized spacial score (nSPS) is 41.3. The van der Waals surface area contributed by atoms with Gasteiger partial charge in [0.1, 0.15) is 6.10 Å². The average Bonchev–Trinajstić information content (AvgIpc) is 3.11. The molecule has 0 heterocycles. The standard InChI is InChI=1S/C31H50O2/c1-7-9-29(32)33-24-16-18-30(5)23(20-24)12-13-25-27-15-14-26(22(4)11-8-10-21(2)3)31(27,6)19-17-28(25)30/h7,9,12,21-22,24-28H,8,10-11,13-20H2,1-6H3/b9-7+/t22-,24-,25+,26-,27+,28+,30-,31-/m0/s1. The first-order valence-electron chi connectivity index (χ1n) is 14.2. The number of ether oxygens (including phenoxy) is 1. The van der Waals surface area contributed by atoms with E-state index in [-0.39, 0.29) is 12.1 Å². The van der Waals surface area contributed by atoms with Crippen LogP contribution in [0.2, 0.25) is 0 Å². The Labute approximate surface area is 204 Å². The number of carbonyl (C=O) groups excluding carboxylic acids is 1. The van der Waals surface area contributed by atoms with Crippen LogP contribution in [0.5, 0.6) is 0 Å². The molecule has 3 fully saturated rings. The molecule has 0 unspecified atom stereocenters. The fourth-order valence-corrected chi connectivity index (χ4v) is 9.09. The maximum Gasteiger partial charge on any atom is 0.330 e. The van der Waals surface area contributed by atoms with E-state index < -0.39 is 0 Å². The van der Waals surface area contributed by atoms with Crippen LogP contribution in [0.25, 0.3) is 0 Å². The molecule has 2 nitrogen and oxygen atoms in total. The molecule has 0 aromatic carbocycles. The average molecular weight is 455 g/mol. The van der Waals surface area contributed by atoms with Crippen LogP contribution in [-0.2, 0) is 9.53 Å². The molecule has 0 bridgehead atoms. The van der Waals surface area contributed by atoms with Crippen molar-refractivity contribution < 1.29 is 9.53 Å². The van der Waals surface area contributed by atoms with Crippen molar-refractivity contribution in [2.45, 2.75) is 118 Å². The highest BCUT2D eigenvalue weighted by Crippen LogP contribution is 2.67. The Balaban J connectivity index is 1.44. The third kappa shape index (κ3) is 4.74. The summed E-state index contributed by atoms with van der Waals surface area (Å²) in [6, 6.07) is 0. The zero-order chi connectivity index (χ0) is 23.8. The Kier molecular flexibility index (Phi) is 7.52. The molecule has 4 aliphatic rings. The van der Waals surface area contributed by atoms with E-state index >= 15 is 0 Å². The van der Waals surface area contributed by atoms with Gasteiger partial charge >= 0.3 is 5.97 Å². The molecule has 0 spiro atoms. The molecule has 0 saturated heterocycles. The van der Waals surface area contributed by atoms with Gasteiger partial charge in [-0.2, -0.15) is 0 Å². The van der Waals surface area contributed by atoms with E-state index in [0.29, 0.717) is 10.8 Å². The van der Waals surface area contributed by atoms with Crippen molar-refractivity contribution in [2.24, 2.45) is 46.3 Å². The fourth-order valence-electron chi connectivity index (χ4n) is 9.09. The molecule has 0 aromatic rings. The molecule has 33 heavy (non-hydrogen) atoms. The van der Waals surface area contributed by atoms with E-state index in [1.807, 2.05) is 6.92 Å². The summed E-state index contributed by atoms with van der Waals surface area (Å²) in [6.07, 6.45) is 20.4. The molecule has 2 heteroatoms. The molecule has 0 amide bonds. The van der Waals surface area contributed by atoms with Gasteiger partial charge in [-0.05, 0) is 98.2 Å². The van der Waals surface area contributed by atoms with Gasteiger partial charge in [-0.25, -0.2) is 4.79 Å². The topological polar surface area (TPSA) is 26.3 Å². The van der Waals surface area contributed by atoms with Crippen LogP contribution in [0, 0.1) is 46.3 Å². The van der Waals surface area contributed by atoms with Gasteiger partial charge in [0, 0.05) is 12.5 Å². The lowest BCUT2D eigenvalue weighted by molar-refractivity contribution is -0.145. The third-order valence-corrected chi connectivity index (χ3v) is 10.8. The molecule has 0 N–H and O–H groups in total. The summed E-state index contributed by atoms with van der Waals surface area (Å²) in [5.41, 5.74) is 2.49. The Hall–Kier alpha value is -1.05. The minimum atomic E-state index is -0.173. The Morgan fingerprint density at radius 1 is 1.09 bits per heavy atom. The van der Waals surface area contributed by atoms with Gasteiger partial charge < -0.3 is 4.74 Å². The number of esters is 1. The molecule has 4 rings (SSSR count). The van der Waals surface area contributed by atoms with Gasteiger partial charge in [-0.1, -0.05) is 71.6 Å².